The zero-order chi connectivity index (χ0) is 14.7. The van der Waals surface area contributed by atoms with E-state index in [9.17, 15) is 0 Å². The number of aromatic nitrogens is 4. The van der Waals surface area contributed by atoms with Gasteiger partial charge in [0.15, 0.2) is 10.4 Å². The van der Waals surface area contributed by atoms with Gasteiger partial charge in [-0.3, -0.25) is 9.25 Å². The molecule has 0 amide bonds. The maximum absolute atomic E-state index is 5.53. The Bertz CT molecular complexity index is 619. The average molecular weight is 296 g/mol. The van der Waals surface area contributed by atoms with E-state index in [1.54, 1.807) is 7.11 Å². The van der Waals surface area contributed by atoms with Crippen LogP contribution in [0.15, 0.2) is 0 Å². The molecule has 20 heavy (non-hydrogen) atoms. The maximum atomic E-state index is 5.53. The smallest absolute Gasteiger partial charge is 0.179 e. The molecule has 2 aromatic heterocycles. The van der Waals surface area contributed by atoms with Crippen LogP contribution in [-0.2, 0) is 18.2 Å². The molecule has 1 N–H and O–H groups in total. The fourth-order valence-electron chi connectivity index (χ4n) is 2.80. The van der Waals surface area contributed by atoms with E-state index in [1.807, 2.05) is 11.7 Å². The Kier molecular flexibility index (Phi) is 4.99. The summed E-state index contributed by atoms with van der Waals surface area (Å²) in [6, 6.07) is 0.260. The highest BCUT2D eigenvalue weighted by atomic mass is 32.1. The van der Waals surface area contributed by atoms with Crippen LogP contribution in [-0.4, -0.2) is 33.0 Å². The number of aromatic amines is 1. The van der Waals surface area contributed by atoms with Crippen LogP contribution in [0.1, 0.15) is 44.8 Å². The molecule has 2 rings (SSSR count). The van der Waals surface area contributed by atoms with Gasteiger partial charge in [-0.25, -0.2) is 0 Å². The quantitative estimate of drug-likeness (QED) is 0.797. The van der Waals surface area contributed by atoms with Crippen molar-refractivity contribution in [2.45, 2.75) is 45.6 Å². The lowest BCUT2D eigenvalue weighted by molar-refractivity contribution is 0.151. The van der Waals surface area contributed by atoms with Crippen LogP contribution in [0.3, 0.4) is 0 Å². The van der Waals surface area contributed by atoms with Gasteiger partial charge in [0.2, 0.25) is 0 Å². The Morgan fingerprint density at radius 1 is 1.35 bits per heavy atom. The SMILES string of the molecule is CCCc1nn(C)c2c1[nH]c(=S)n2C(CCC)COC. The zero-order valence-corrected chi connectivity index (χ0v) is 13.6. The number of ether oxygens (including phenoxy) is 1. The minimum absolute atomic E-state index is 0.260. The molecule has 0 spiro atoms. The third kappa shape index (κ3) is 2.67. The van der Waals surface area contributed by atoms with Crippen molar-refractivity contribution in [3.63, 3.8) is 0 Å². The van der Waals surface area contributed by atoms with E-state index in [4.69, 9.17) is 17.0 Å². The van der Waals surface area contributed by atoms with Gasteiger partial charge in [0.1, 0.15) is 5.52 Å². The predicted octanol–water partition coefficient (Wildman–Crippen LogP) is 3.37. The second-order valence-electron chi connectivity index (χ2n) is 5.22. The molecule has 0 bridgehead atoms. The number of fused-ring (bicyclic) bond motifs is 1. The molecule has 2 aromatic rings. The maximum Gasteiger partial charge on any atom is 0.179 e. The van der Waals surface area contributed by atoms with Gasteiger partial charge in [-0.05, 0) is 25.1 Å². The molecule has 0 saturated carbocycles. The highest BCUT2D eigenvalue weighted by molar-refractivity contribution is 7.71. The van der Waals surface area contributed by atoms with Crippen molar-refractivity contribution in [1.29, 1.82) is 0 Å². The fourth-order valence-corrected chi connectivity index (χ4v) is 3.14. The van der Waals surface area contributed by atoms with Crippen molar-refractivity contribution in [1.82, 2.24) is 19.3 Å². The van der Waals surface area contributed by atoms with Crippen molar-refractivity contribution >= 4 is 23.4 Å². The first-order chi connectivity index (χ1) is 9.63. The standard InChI is InChI=1S/C14H24N4OS/c1-5-7-10(9-19-4)18-13-12(15-14(18)20)11(8-6-2)16-17(13)3/h10H,5-9H2,1-4H3,(H,15,20). The molecule has 0 radical (unpaired) electrons. The number of H-pyrrole nitrogens is 1. The van der Waals surface area contributed by atoms with Gasteiger partial charge in [0, 0.05) is 14.2 Å². The first-order valence-corrected chi connectivity index (χ1v) is 7.69. The first-order valence-electron chi connectivity index (χ1n) is 7.29. The Morgan fingerprint density at radius 2 is 2.10 bits per heavy atom. The minimum atomic E-state index is 0.260. The van der Waals surface area contributed by atoms with E-state index in [-0.39, 0.29) is 6.04 Å². The summed E-state index contributed by atoms with van der Waals surface area (Å²) >= 11 is 5.53. The van der Waals surface area contributed by atoms with Crippen LogP contribution in [0.4, 0.5) is 0 Å². The molecule has 0 aliphatic heterocycles. The Morgan fingerprint density at radius 3 is 2.70 bits per heavy atom. The summed E-state index contributed by atoms with van der Waals surface area (Å²) in [5, 5.41) is 4.62. The Hall–Kier alpha value is -1.14. The molecular weight excluding hydrogens is 272 g/mol. The van der Waals surface area contributed by atoms with Gasteiger partial charge < -0.3 is 9.72 Å². The molecule has 6 heteroatoms. The summed E-state index contributed by atoms with van der Waals surface area (Å²) in [5.74, 6) is 0. The van der Waals surface area contributed by atoms with Crippen LogP contribution >= 0.6 is 12.2 Å². The number of hydrogen-bond donors (Lipinski definition) is 1. The summed E-state index contributed by atoms with van der Waals surface area (Å²) in [7, 11) is 3.72. The summed E-state index contributed by atoms with van der Waals surface area (Å²) in [4.78, 5) is 3.34. The molecule has 0 aliphatic carbocycles. The number of aryl methyl sites for hydroxylation is 2. The monoisotopic (exact) mass is 296 g/mol. The van der Waals surface area contributed by atoms with Crippen molar-refractivity contribution in [3.8, 4) is 0 Å². The fraction of sp³-hybridized carbons (Fsp3) is 0.714. The largest absolute Gasteiger partial charge is 0.383 e. The highest BCUT2D eigenvalue weighted by Crippen LogP contribution is 2.25. The molecule has 2 heterocycles. The number of methoxy groups -OCH3 is 1. The Labute approximate surface area is 124 Å². The average Bonchev–Trinajstić information content (AvgIpc) is 2.88. The molecule has 0 fully saturated rings. The second kappa shape index (κ2) is 6.54. The second-order valence-corrected chi connectivity index (χ2v) is 5.60. The number of nitrogens with zero attached hydrogens (tertiary/aromatic N) is 3. The molecule has 0 saturated heterocycles. The molecule has 0 aliphatic rings. The van der Waals surface area contributed by atoms with E-state index in [2.05, 4.69) is 28.5 Å². The van der Waals surface area contributed by atoms with E-state index >= 15 is 0 Å². The van der Waals surface area contributed by atoms with Crippen LogP contribution < -0.4 is 0 Å². The topological polar surface area (TPSA) is 47.8 Å². The van der Waals surface area contributed by atoms with Crippen molar-refractivity contribution < 1.29 is 4.74 Å². The van der Waals surface area contributed by atoms with Gasteiger partial charge in [-0.2, -0.15) is 5.10 Å². The van der Waals surface area contributed by atoms with Crippen molar-refractivity contribution in [3.05, 3.63) is 10.5 Å². The molecule has 1 atom stereocenters. The van der Waals surface area contributed by atoms with E-state index in [0.717, 1.165) is 47.3 Å². The predicted molar refractivity (Wildman–Crippen MR) is 83.7 cm³/mol. The van der Waals surface area contributed by atoms with E-state index < -0.39 is 0 Å². The Balaban J connectivity index is 2.57. The summed E-state index contributed by atoms with van der Waals surface area (Å²) in [5.41, 5.74) is 3.26. The van der Waals surface area contributed by atoms with Crippen LogP contribution in [0.5, 0.6) is 0 Å². The van der Waals surface area contributed by atoms with E-state index in [1.165, 1.54) is 0 Å². The molecule has 112 valence electrons. The molecular formula is C14H24N4OS. The van der Waals surface area contributed by atoms with Gasteiger partial charge in [0.25, 0.3) is 0 Å². The summed E-state index contributed by atoms with van der Waals surface area (Å²) in [6.07, 6.45) is 4.19. The number of nitrogens with one attached hydrogen (secondary N) is 1. The van der Waals surface area contributed by atoms with Gasteiger partial charge in [-0.1, -0.05) is 26.7 Å². The van der Waals surface area contributed by atoms with Crippen LogP contribution in [0, 0.1) is 4.77 Å². The van der Waals surface area contributed by atoms with Crippen LogP contribution in [0.2, 0.25) is 0 Å². The number of hydrogen-bond acceptors (Lipinski definition) is 3. The highest BCUT2D eigenvalue weighted by Gasteiger charge is 2.20. The number of imidazole rings is 1. The lowest BCUT2D eigenvalue weighted by Crippen LogP contribution is -2.16. The summed E-state index contributed by atoms with van der Waals surface area (Å²) in [6.45, 7) is 5.02. The van der Waals surface area contributed by atoms with E-state index in [0.29, 0.717) is 6.61 Å². The third-order valence-electron chi connectivity index (χ3n) is 3.60. The molecule has 5 nitrogen and oxygen atoms in total. The summed E-state index contributed by atoms with van der Waals surface area (Å²) < 4.78 is 10.2. The molecule has 0 aromatic carbocycles. The third-order valence-corrected chi connectivity index (χ3v) is 3.90. The number of rotatable bonds is 7. The van der Waals surface area contributed by atoms with Crippen molar-refractivity contribution in [2.24, 2.45) is 7.05 Å². The van der Waals surface area contributed by atoms with Gasteiger partial charge in [-0.15, -0.1) is 0 Å². The zero-order valence-electron chi connectivity index (χ0n) is 12.8. The van der Waals surface area contributed by atoms with Gasteiger partial charge in [0.05, 0.1) is 18.3 Å². The normalized spacial score (nSPS) is 13.2. The van der Waals surface area contributed by atoms with Gasteiger partial charge >= 0.3 is 0 Å². The minimum Gasteiger partial charge on any atom is -0.383 e. The first kappa shape index (κ1) is 15.3. The van der Waals surface area contributed by atoms with Crippen LogP contribution in [0.25, 0.3) is 11.2 Å². The van der Waals surface area contributed by atoms with Crippen molar-refractivity contribution in [2.75, 3.05) is 13.7 Å². The lowest BCUT2D eigenvalue weighted by Gasteiger charge is -2.17. The molecule has 1 unspecified atom stereocenters. The lowest BCUT2D eigenvalue weighted by atomic mass is 10.2.